The number of hydrogen-bond acceptors (Lipinski definition) is 7. The number of carbonyl (C=O) groups excluding carboxylic acids is 2. The summed E-state index contributed by atoms with van der Waals surface area (Å²) >= 11 is 0. The van der Waals surface area contributed by atoms with Crippen molar-refractivity contribution in [3.8, 4) is 5.75 Å². The van der Waals surface area contributed by atoms with Gasteiger partial charge in [0.05, 0.1) is 36.8 Å². The Hall–Kier alpha value is -3.61. The highest BCUT2D eigenvalue weighted by atomic mass is 32.2. The maximum atomic E-state index is 13.8. The quantitative estimate of drug-likeness (QED) is 0.366. The number of benzene rings is 2. The zero-order valence-corrected chi connectivity index (χ0v) is 28.1. The summed E-state index contributed by atoms with van der Waals surface area (Å²) in [5.74, 6) is 0.124. The predicted octanol–water partition coefficient (Wildman–Crippen LogP) is 3.85. The molecule has 3 heterocycles. The third kappa shape index (κ3) is 7.62. The number of fused-ring (bicyclic) bond motifs is 1. The normalized spacial score (nSPS) is 16.7. The summed E-state index contributed by atoms with van der Waals surface area (Å²) in [6, 6.07) is 11.5. The van der Waals surface area contributed by atoms with E-state index in [0.29, 0.717) is 24.5 Å². The fourth-order valence-corrected chi connectivity index (χ4v) is 6.86. The Labute approximate surface area is 266 Å². The van der Waals surface area contributed by atoms with Crippen LogP contribution in [-0.2, 0) is 33.8 Å². The lowest BCUT2D eigenvalue weighted by molar-refractivity contribution is -0.134. The van der Waals surface area contributed by atoms with Crippen LogP contribution >= 0.6 is 0 Å². The van der Waals surface area contributed by atoms with Crippen LogP contribution in [0.5, 0.6) is 5.75 Å². The molecule has 0 unspecified atom stereocenters. The summed E-state index contributed by atoms with van der Waals surface area (Å²) in [4.78, 5) is 33.2. The highest BCUT2D eigenvalue weighted by molar-refractivity contribution is 7.92. The number of hydrogen-bond donors (Lipinski definition) is 2. The number of sulfonamides is 1. The minimum absolute atomic E-state index is 0.223. The molecule has 2 aliphatic heterocycles. The van der Waals surface area contributed by atoms with Crippen LogP contribution in [0.25, 0.3) is 10.9 Å². The maximum Gasteiger partial charge on any atom is 0.272 e. The molecule has 3 aromatic rings. The van der Waals surface area contributed by atoms with E-state index in [-0.39, 0.29) is 28.7 Å². The van der Waals surface area contributed by atoms with Crippen molar-refractivity contribution in [2.24, 2.45) is 7.05 Å². The number of amides is 2. The molecule has 0 aliphatic carbocycles. The number of para-hydroxylation sites is 1. The molecule has 244 valence electrons. The molecular formula is C33H46N6O5S. The highest BCUT2D eigenvalue weighted by Gasteiger charge is 2.26. The number of methoxy groups -OCH3 is 1. The Kier molecular flexibility index (Phi) is 9.48. The number of ether oxygens (including phenoxy) is 1. The molecule has 45 heavy (non-hydrogen) atoms. The minimum Gasteiger partial charge on any atom is -0.492 e. The number of aryl methyl sites for hydroxylation is 1. The van der Waals surface area contributed by atoms with Gasteiger partial charge in [0.15, 0.2) is 5.75 Å². The zero-order chi connectivity index (χ0) is 32.5. The number of aromatic nitrogens is 1. The number of anilines is 2. The van der Waals surface area contributed by atoms with E-state index in [9.17, 15) is 18.0 Å². The van der Waals surface area contributed by atoms with E-state index in [1.807, 2.05) is 61.6 Å². The molecule has 0 spiro atoms. The summed E-state index contributed by atoms with van der Waals surface area (Å²) < 4.78 is 34.3. The Morgan fingerprint density at radius 2 is 1.60 bits per heavy atom. The molecule has 11 nitrogen and oxygen atoms in total. The van der Waals surface area contributed by atoms with E-state index in [1.54, 1.807) is 6.07 Å². The second kappa shape index (κ2) is 13.0. The standard InChI is InChI=1S/C33H46N6O5S/c1-33(2,3)25-19-26(31(44-5)27(20-25)35-45(6,42)43)34-32(41)28-18-23-10-9-11-24(30(23)36(28)4)21-38-14-16-39(17-15-38)29(40)22-37-12-7-8-13-37/h9-11,18-20,35H,7-8,12-17,21-22H2,1-6H3,(H,34,41). The van der Waals surface area contributed by atoms with Crippen LogP contribution in [0.4, 0.5) is 11.4 Å². The van der Waals surface area contributed by atoms with Crippen molar-refractivity contribution < 1.29 is 22.7 Å². The minimum atomic E-state index is -3.60. The van der Waals surface area contributed by atoms with Crippen molar-refractivity contribution in [3.05, 3.63) is 53.2 Å². The molecule has 0 bridgehead atoms. The van der Waals surface area contributed by atoms with Crippen molar-refractivity contribution in [2.45, 2.75) is 45.6 Å². The average Bonchev–Trinajstić information content (AvgIpc) is 3.60. The van der Waals surface area contributed by atoms with Gasteiger partial charge in [-0.25, -0.2) is 8.42 Å². The van der Waals surface area contributed by atoms with Crippen LogP contribution in [-0.4, -0.2) is 98.7 Å². The number of piperazine rings is 1. The molecule has 2 aromatic carbocycles. The summed E-state index contributed by atoms with van der Waals surface area (Å²) in [6.07, 6.45) is 3.44. The SMILES string of the molecule is COc1c(NC(=O)c2cc3cccc(CN4CCN(C(=O)CN5CCCC5)CC4)c3n2C)cc(C(C)(C)C)cc1NS(C)(=O)=O. The predicted molar refractivity (Wildman–Crippen MR) is 179 cm³/mol. The van der Waals surface area contributed by atoms with Gasteiger partial charge in [-0.3, -0.25) is 24.1 Å². The number of likely N-dealkylation sites (tertiary alicyclic amines) is 1. The summed E-state index contributed by atoms with van der Waals surface area (Å²) in [5, 5.41) is 3.94. The smallest absolute Gasteiger partial charge is 0.272 e. The first-order valence-electron chi connectivity index (χ1n) is 15.5. The van der Waals surface area contributed by atoms with Gasteiger partial charge >= 0.3 is 0 Å². The van der Waals surface area contributed by atoms with Crippen molar-refractivity contribution in [3.63, 3.8) is 0 Å². The van der Waals surface area contributed by atoms with Crippen LogP contribution in [0.3, 0.4) is 0 Å². The van der Waals surface area contributed by atoms with Crippen LogP contribution in [0, 0.1) is 0 Å². The lowest BCUT2D eigenvalue weighted by atomic mass is 9.86. The van der Waals surface area contributed by atoms with Crippen LogP contribution in [0.2, 0.25) is 0 Å². The van der Waals surface area contributed by atoms with Gasteiger partial charge in [0.25, 0.3) is 5.91 Å². The first kappa shape index (κ1) is 32.8. The first-order chi connectivity index (χ1) is 21.2. The molecule has 2 saturated heterocycles. The molecule has 1 aromatic heterocycles. The van der Waals surface area contributed by atoms with E-state index in [1.165, 1.54) is 20.0 Å². The fraction of sp³-hybridized carbons (Fsp3) is 0.515. The van der Waals surface area contributed by atoms with E-state index in [2.05, 4.69) is 25.9 Å². The number of nitrogens with zero attached hydrogens (tertiary/aromatic N) is 4. The van der Waals surface area contributed by atoms with E-state index in [0.717, 1.165) is 67.6 Å². The third-order valence-corrected chi connectivity index (χ3v) is 9.34. The van der Waals surface area contributed by atoms with Gasteiger partial charge in [-0.05, 0) is 60.7 Å². The Bertz CT molecular complexity index is 1680. The van der Waals surface area contributed by atoms with Crippen molar-refractivity contribution in [2.75, 3.05) is 69.2 Å². The zero-order valence-electron chi connectivity index (χ0n) is 27.3. The molecule has 2 amide bonds. The van der Waals surface area contributed by atoms with E-state index < -0.39 is 10.0 Å². The molecular weight excluding hydrogens is 592 g/mol. The van der Waals surface area contributed by atoms with Crippen LogP contribution in [0.1, 0.15) is 55.2 Å². The third-order valence-electron chi connectivity index (χ3n) is 8.75. The molecule has 5 rings (SSSR count). The number of rotatable bonds is 9. The molecule has 12 heteroatoms. The number of nitrogens with one attached hydrogen (secondary N) is 2. The molecule has 2 N–H and O–H groups in total. The first-order valence-corrected chi connectivity index (χ1v) is 17.4. The van der Waals surface area contributed by atoms with Gasteiger partial charge < -0.3 is 19.5 Å². The summed E-state index contributed by atoms with van der Waals surface area (Å²) in [7, 11) is -0.265. The Morgan fingerprint density at radius 1 is 0.933 bits per heavy atom. The molecule has 0 atom stereocenters. The topological polar surface area (TPSA) is 116 Å². The molecule has 0 saturated carbocycles. The van der Waals surface area contributed by atoms with Crippen molar-refractivity contribution in [1.29, 1.82) is 0 Å². The summed E-state index contributed by atoms with van der Waals surface area (Å²) in [5.41, 5.74) is 3.71. The van der Waals surface area contributed by atoms with Crippen molar-refractivity contribution >= 4 is 44.1 Å². The number of carbonyl (C=O) groups is 2. The fourth-order valence-electron chi connectivity index (χ4n) is 6.31. The van der Waals surface area contributed by atoms with Crippen molar-refractivity contribution in [1.82, 2.24) is 19.3 Å². The largest absolute Gasteiger partial charge is 0.492 e. The Morgan fingerprint density at radius 3 is 2.22 bits per heavy atom. The van der Waals surface area contributed by atoms with Gasteiger partial charge in [0.2, 0.25) is 15.9 Å². The van der Waals surface area contributed by atoms with E-state index in [4.69, 9.17) is 4.74 Å². The summed E-state index contributed by atoms with van der Waals surface area (Å²) in [6.45, 7) is 12.4. The van der Waals surface area contributed by atoms with Crippen LogP contribution < -0.4 is 14.8 Å². The second-order valence-electron chi connectivity index (χ2n) is 13.3. The van der Waals surface area contributed by atoms with Gasteiger partial charge in [-0.2, -0.15) is 0 Å². The lowest BCUT2D eigenvalue weighted by Crippen LogP contribution is -2.50. The maximum absolute atomic E-state index is 13.8. The van der Waals surface area contributed by atoms with Gasteiger partial charge in [-0.15, -0.1) is 0 Å². The highest BCUT2D eigenvalue weighted by Crippen LogP contribution is 2.39. The lowest BCUT2D eigenvalue weighted by Gasteiger charge is -2.35. The average molecular weight is 639 g/mol. The molecule has 0 radical (unpaired) electrons. The van der Waals surface area contributed by atoms with Crippen LogP contribution in [0.15, 0.2) is 36.4 Å². The molecule has 2 aliphatic rings. The second-order valence-corrected chi connectivity index (χ2v) is 15.0. The van der Waals surface area contributed by atoms with Gasteiger partial charge in [-0.1, -0.05) is 39.0 Å². The molecule has 2 fully saturated rings. The van der Waals surface area contributed by atoms with Gasteiger partial charge in [0, 0.05) is 45.2 Å². The van der Waals surface area contributed by atoms with Gasteiger partial charge in [0.1, 0.15) is 5.69 Å². The van der Waals surface area contributed by atoms with E-state index >= 15 is 0 Å². The Balaban J connectivity index is 1.35. The monoisotopic (exact) mass is 638 g/mol.